The quantitative estimate of drug-likeness (QED) is 0.699. The van der Waals surface area contributed by atoms with E-state index in [1.807, 2.05) is 0 Å². The van der Waals surface area contributed by atoms with Gasteiger partial charge in [-0.15, -0.1) is 0 Å². The van der Waals surface area contributed by atoms with Gasteiger partial charge in [-0.1, -0.05) is 19.1 Å². The molecule has 3 rings (SSSR count). The predicted molar refractivity (Wildman–Crippen MR) is 99.8 cm³/mol. The molecule has 0 radical (unpaired) electrons. The standard InChI is InChI=1S/C21H23F4N3O/c1-4-16-11-17(21(23,24)25)27-18(26-16)13-9-10-28(12-13)19(29)20(2,3)14-5-7-15(22)8-6-14/h5-8,11,13H,4,9-10,12H2,1-3H3. The van der Waals surface area contributed by atoms with Crippen LogP contribution in [-0.4, -0.2) is 33.9 Å². The molecule has 1 aromatic heterocycles. The highest BCUT2D eigenvalue weighted by Gasteiger charge is 2.39. The second-order valence-electron chi connectivity index (χ2n) is 7.82. The fourth-order valence-electron chi connectivity index (χ4n) is 3.57. The Labute approximate surface area is 167 Å². The summed E-state index contributed by atoms with van der Waals surface area (Å²) in [7, 11) is 0. The van der Waals surface area contributed by atoms with Crippen LogP contribution in [0.15, 0.2) is 30.3 Å². The predicted octanol–water partition coefficient (Wildman–Crippen LogP) is 4.49. The summed E-state index contributed by atoms with van der Waals surface area (Å²) in [4.78, 5) is 22.7. The van der Waals surface area contributed by atoms with Crippen LogP contribution in [0.1, 0.15) is 55.9 Å². The van der Waals surface area contributed by atoms with E-state index < -0.39 is 17.3 Å². The average Bonchev–Trinajstić information content (AvgIpc) is 3.16. The molecule has 0 aliphatic carbocycles. The third kappa shape index (κ3) is 4.41. The van der Waals surface area contributed by atoms with Gasteiger partial charge in [0.25, 0.3) is 0 Å². The van der Waals surface area contributed by atoms with Crippen molar-refractivity contribution in [2.24, 2.45) is 0 Å². The highest BCUT2D eigenvalue weighted by atomic mass is 19.4. The third-order valence-corrected chi connectivity index (χ3v) is 5.39. The van der Waals surface area contributed by atoms with Gasteiger partial charge < -0.3 is 4.90 Å². The molecule has 4 nitrogen and oxygen atoms in total. The number of hydrogen-bond acceptors (Lipinski definition) is 3. The minimum atomic E-state index is -4.54. The van der Waals surface area contributed by atoms with Gasteiger partial charge in [-0.2, -0.15) is 13.2 Å². The van der Waals surface area contributed by atoms with Crippen molar-refractivity contribution in [3.63, 3.8) is 0 Å². The van der Waals surface area contributed by atoms with Gasteiger partial charge in [0.05, 0.1) is 5.41 Å². The van der Waals surface area contributed by atoms with E-state index in [1.54, 1.807) is 37.8 Å². The summed E-state index contributed by atoms with van der Waals surface area (Å²) in [6, 6.07) is 6.73. The third-order valence-electron chi connectivity index (χ3n) is 5.39. The Bertz CT molecular complexity index is 894. The van der Waals surface area contributed by atoms with Crippen molar-refractivity contribution in [1.29, 1.82) is 0 Å². The molecule has 1 aliphatic rings. The molecule has 2 aromatic rings. The molecule has 1 aromatic carbocycles. The lowest BCUT2D eigenvalue weighted by molar-refractivity contribution is -0.141. The Hall–Kier alpha value is -2.51. The normalized spacial score (nSPS) is 17.6. The summed E-state index contributed by atoms with van der Waals surface area (Å²) in [6.45, 7) is 5.92. The van der Waals surface area contributed by atoms with Crippen molar-refractivity contribution >= 4 is 5.91 Å². The van der Waals surface area contributed by atoms with E-state index >= 15 is 0 Å². The molecule has 0 spiro atoms. The van der Waals surface area contributed by atoms with Crippen molar-refractivity contribution in [2.45, 2.75) is 51.1 Å². The molecule has 0 bridgehead atoms. The molecule has 2 heterocycles. The summed E-state index contributed by atoms with van der Waals surface area (Å²) in [6.07, 6.45) is -3.68. The number of benzene rings is 1. The van der Waals surface area contributed by atoms with Gasteiger partial charge in [-0.3, -0.25) is 4.79 Å². The van der Waals surface area contributed by atoms with E-state index in [-0.39, 0.29) is 30.0 Å². The molecule has 0 N–H and O–H groups in total. The van der Waals surface area contributed by atoms with Gasteiger partial charge >= 0.3 is 6.18 Å². The van der Waals surface area contributed by atoms with Crippen LogP contribution < -0.4 is 0 Å². The van der Waals surface area contributed by atoms with E-state index in [4.69, 9.17) is 0 Å². The van der Waals surface area contributed by atoms with Gasteiger partial charge in [0, 0.05) is 24.7 Å². The SMILES string of the molecule is CCc1cc(C(F)(F)F)nc(C2CCN(C(=O)C(C)(C)c3ccc(F)cc3)C2)n1. The van der Waals surface area contributed by atoms with Crippen LogP contribution in [0.2, 0.25) is 0 Å². The Balaban J connectivity index is 1.81. The van der Waals surface area contributed by atoms with Crippen molar-refractivity contribution in [2.75, 3.05) is 13.1 Å². The monoisotopic (exact) mass is 409 g/mol. The van der Waals surface area contributed by atoms with E-state index in [1.165, 1.54) is 12.1 Å². The Morgan fingerprint density at radius 3 is 2.41 bits per heavy atom. The summed E-state index contributed by atoms with van der Waals surface area (Å²) in [5, 5.41) is 0. The summed E-state index contributed by atoms with van der Waals surface area (Å²) < 4.78 is 52.7. The Morgan fingerprint density at radius 1 is 1.17 bits per heavy atom. The van der Waals surface area contributed by atoms with E-state index in [0.29, 0.717) is 30.6 Å². The molecule has 1 saturated heterocycles. The number of carbonyl (C=O) groups is 1. The molecule has 0 saturated carbocycles. The Morgan fingerprint density at radius 2 is 1.83 bits per heavy atom. The largest absolute Gasteiger partial charge is 0.433 e. The minimum Gasteiger partial charge on any atom is -0.341 e. The molecule has 156 valence electrons. The maximum absolute atomic E-state index is 13.2. The summed E-state index contributed by atoms with van der Waals surface area (Å²) in [5.74, 6) is -0.761. The smallest absolute Gasteiger partial charge is 0.341 e. The molecule has 29 heavy (non-hydrogen) atoms. The van der Waals surface area contributed by atoms with Gasteiger partial charge in [-0.05, 0) is 50.5 Å². The number of alkyl halides is 3. The lowest BCUT2D eigenvalue weighted by atomic mass is 9.83. The zero-order chi connectivity index (χ0) is 21.4. The van der Waals surface area contributed by atoms with E-state index in [9.17, 15) is 22.4 Å². The van der Waals surface area contributed by atoms with Crippen LogP contribution >= 0.6 is 0 Å². The van der Waals surface area contributed by atoms with Crippen LogP contribution in [0.25, 0.3) is 0 Å². The number of rotatable bonds is 4. The number of likely N-dealkylation sites (tertiary alicyclic amines) is 1. The number of carbonyl (C=O) groups excluding carboxylic acids is 1. The Kier molecular flexibility index (Phi) is 5.65. The fourth-order valence-corrected chi connectivity index (χ4v) is 3.57. The zero-order valence-corrected chi connectivity index (χ0v) is 16.6. The fraction of sp³-hybridized carbons (Fsp3) is 0.476. The number of nitrogens with zero attached hydrogens (tertiary/aromatic N) is 3. The van der Waals surface area contributed by atoms with Crippen LogP contribution in [0.3, 0.4) is 0 Å². The van der Waals surface area contributed by atoms with Crippen LogP contribution in [0.4, 0.5) is 17.6 Å². The highest BCUT2D eigenvalue weighted by Crippen LogP contribution is 2.33. The molecule has 1 atom stereocenters. The van der Waals surface area contributed by atoms with Crippen LogP contribution in [0.5, 0.6) is 0 Å². The van der Waals surface area contributed by atoms with Gasteiger partial charge in [-0.25, -0.2) is 14.4 Å². The van der Waals surface area contributed by atoms with Crippen LogP contribution in [-0.2, 0) is 22.8 Å². The van der Waals surface area contributed by atoms with Crippen molar-refractivity contribution < 1.29 is 22.4 Å². The molecule has 8 heteroatoms. The van der Waals surface area contributed by atoms with Gasteiger partial charge in [0.15, 0.2) is 0 Å². The molecular formula is C21H23F4N3O. The molecule has 1 unspecified atom stereocenters. The van der Waals surface area contributed by atoms with Crippen molar-refractivity contribution in [1.82, 2.24) is 14.9 Å². The molecule has 1 aliphatic heterocycles. The van der Waals surface area contributed by atoms with Crippen molar-refractivity contribution in [3.8, 4) is 0 Å². The van der Waals surface area contributed by atoms with Gasteiger partial charge in [0.2, 0.25) is 5.91 Å². The number of aromatic nitrogens is 2. The number of amides is 1. The first kappa shape index (κ1) is 21.2. The second-order valence-corrected chi connectivity index (χ2v) is 7.82. The lowest BCUT2D eigenvalue weighted by Crippen LogP contribution is -2.42. The molecule has 1 amide bonds. The second kappa shape index (κ2) is 7.72. The molecular weight excluding hydrogens is 386 g/mol. The first-order chi connectivity index (χ1) is 13.5. The number of halogens is 4. The first-order valence-corrected chi connectivity index (χ1v) is 9.53. The number of hydrogen-bond donors (Lipinski definition) is 0. The van der Waals surface area contributed by atoms with Crippen molar-refractivity contribution in [3.05, 3.63) is 58.9 Å². The lowest BCUT2D eigenvalue weighted by Gasteiger charge is -2.29. The average molecular weight is 409 g/mol. The van der Waals surface area contributed by atoms with Crippen LogP contribution in [0, 0.1) is 5.82 Å². The minimum absolute atomic E-state index is 0.131. The van der Waals surface area contributed by atoms with Gasteiger partial charge in [0.1, 0.15) is 17.3 Å². The topological polar surface area (TPSA) is 46.1 Å². The summed E-state index contributed by atoms with van der Waals surface area (Å²) >= 11 is 0. The van der Waals surface area contributed by atoms with E-state index in [2.05, 4.69) is 9.97 Å². The van der Waals surface area contributed by atoms with E-state index in [0.717, 1.165) is 6.07 Å². The number of aryl methyl sites for hydroxylation is 1. The zero-order valence-electron chi connectivity index (χ0n) is 16.6. The maximum atomic E-state index is 13.2. The summed E-state index contributed by atoms with van der Waals surface area (Å²) in [5.41, 5.74) is -0.822. The first-order valence-electron chi connectivity index (χ1n) is 9.53. The maximum Gasteiger partial charge on any atom is 0.433 e. The highest BCUT2D eigenvalue weighted by molar-refractivity contribution is 5.87. The molecule has 1 fully saturated rings.